The van der Waals surface area contributed by atoms with Gasteiger partial charge in [-0.05, 0) is 31.0 Å². The van der Waals surface area contributed by atoms with E-state index < -0.39 is 56.7 Å². The standard InChI is InChI=1S/C20H26ClFN5O7P3/c1-10(11-4-2-3-5-12(11)22)24-17-14-18(26-20(21)25-17)27(8-23-14)19-16(29)15(28)13(34-19)6-7-36(30,31)9-37(32,33)35/h2-5,8,10,13,15-16,19,28-29,32-33,35H,6-7,9H2,1H3,(H,30,31)(H,24,25,26)/t10-,13+,15-,16?,19+/m0/s1. The second-order valence-corrected chi connectivity index (χ2v) is 16.0. The lowest BCUT2D eigenvalue weighted by Gasteiger charge is -2.19. The minimum absolute atomic E-state index is 0.135. The smallest absolute Gasteiger partial charge is 0.226 e. The second kappa shape index (κ2) is 10.9. The molecule has 2 unspecified atom stereocenters. The number of ether oxygens (including phenoxy) is 1. The summed E-state index contributed by atoms with van der Waals surface area (Å²) in [7, 11) is -4.97. The van der Waals surface area contributed by atoms with Gasteiger partial charge in [0.2, 0.25) is 12.7 Å². The van der Waals surface area contributed by atoms with Crippen LogP contribution in [0.5, 0.6) is 0 Å². The van der Waals surface area contributed by atoms with Crippen molar-refractivity contribution < 1.29 is 38.6 Å². The zero-order chi connectivity index (χ0) is 27.1. The maximum absolute atomic E-state index is 14.2. The van der Waals surface area contributed by atoms with Gasteiger partial charge < -0.3 is 34.9 Å². The number of nitrogens with zero attached hydrogens (tertiary/aromatic N) is 4. The van der Waals surface area contributed by atoms with Crippen molar-refractivity contribution in [3.8, 4) is 0 Å². The van der Waals surface area contributed by atoms with Gasteiger partial charge in [0.1, 0.15) is 25.0 Å². The maximum atomic E-state index is 14.2. The number of aromatic nitrogens is 4. The van der Waals surface area contributed by atoms with Crippen LogP contribution in [0.3, 0.4) is 0 Å². The fraction of sp³-hybridized carbons (Fsp3) is 0.450. The molecule has 4 rings (SSSR count). The molecule has 17 heteroatoms. The first-order chi connectivity index (χ1) is 17.3. The topological polar surface area (TPSA) is 183 Å². The van der Waals surface area contributed by atoms with E-state index in [1.165, 1.54) is 17.0 Å². The number of hydrogen-bond acceptors (Lipinski definition) is 8. The zero-order valence-electron chi connectivity index (χ0n) is 19.4. The van der Waals surface area contributed by atoms with Gasteiger partial charge in [-0.2, -0.15) is 9.97 Å². The predicted octanol–water partition coefficient (Wildman–Crippen LogP) is 2.92. The molecule has 2 aromatic heterocycles. The van der Waals surface area contributed by atoms with E-state index in [0.717, 1.165) is 0 Å². The van der Waals surface area contributed by atoms with Crippen molar-refractivity contribution in [1.29, 1.82) is 0 Å². The van der Waals surface area contributed by atoms with Crippen LogP contribution >= 0.6 is 34.5 Å². The number of nitrogens with one attached hydrogen (secondary N) is 1. The van der Waals surface area contributed by atoms with E-state index in [-0.39, 0.29) is 34.8 Å². The Kier molecular flexibility index (Phi) is 8.43. The number of fused-ring (bicyclic) bond motifs is 1. The fourth-order valence-corrected chi connectivity index (χ4v) is 10.0. The lowest BCUT2D eigenvalue weighted by Crippen LogP contribution is -2.32. The second-order valence-electron chi connectivity index (χ2n) is 8.83. The number of hydrogen-bond donors (Lipinski definition) is 6. The summed E-state index contributed by atoms with van der Waals surface area (Å²) in [6, 6.07) is 5.74. The molecule has 6 N–H and O–H groups in total. The summed E-state index contributed by atoms with van der Waals surface area (Å²) >= 11 is 6.14. The molecule has 0 saturated carbocycles. The van der Waals surface area contributed by atoms with E-state index >= 15 is 0 Å². The number of imidazole rings is 1. The van der Waals surface area contributed by atoms with Crippen molar-refractivity contribution in [1.82, 2.24) is 19.5 Å². The summed E-state index contributed by atoms with van der Waals surface area (Å²) in [5.74, 6) is -0.917. The van der Waals surface area contributed by atoms with Gasteiger partial charge in [-0.25, -0.2) is 9.37 Å². The van der Waals surface area contributed by atoms with Crippen LogP contribution in [-0.4, -0.2) is 74.8 Å². The summed E-state index contributed by atoms with van der Waals surface area (Å²) in [5, 5.41) is 24.1. The molecule has 0 radical (unpaired) electrons. The van der Waals surface area contributed by atoms with E-state index in [1.54, 1.807) is 25.1 Å². The van der Waals surface area contributed by atoms with Gasteiger partial charge in [-0.1, -0.05) is 26.7 Å². The highest BCUT2D eigenvalue weighted by Gasteiger charge is 2.45. The number of aliphatic hydroxyl groups excluding tert-OH is 2. The van der Waals surface area contributed by atoms with Gasteiger partial charge in [-0.15, -0.1) is 0 Å². The van der Waals surface area contributed by atoms with Crippen LogP contribution in [0.1, 0.15) is 31.2 Å². The molecule has 1 fully saturated rings. The molecule has 0 spiro atoms. The van der Waals surface area contributed by atoms with E-state index in [9.17, 15) is 33.8 Å². The third kappa shape index (κ3) is 6.57. The zero-order valence-corrected chi connectivity index (χ0v) is 22.9. The third-order valence-electron chi connectivity index (χ3n) is 5.91. The van der Waals surface area contributed by atoms with Crippen LogP contribution in [0.2, 0.25) is 5.28 Å². The molecule has 0 aliphatic carbocycles. The Balaban J connectivity index is 1.56. The SMILES string of the molecule is C[C@H](Nc1nc(Cl)nc2c1ncn2[C@@H]1O[C@H](CCP(=O)(O)CP(O)(O)=P)[C@H](O)C1O)c1ccccc1F. The number of anilines is 1. The lowest BCUT2D eigenvalue weighted by molar-refractivity contribution is -0.0354. The van der Waals surface area contributed by atoms with E-state index in [2.05, 4.69) is 28.8 Å². The van der Waals surface area contributed by atoms with Gasteiger partial charge >= 0.3 is 0 Å². The quantitative estimate of drug-likeness (QED) is 0.158. The molecular formula is C20H26ClFN5O7P3. The molecule has 37 heavy (non-hydrogen) atoms. The molecule has 1 aliphatic heterocycles. The van der Waals surface area contributed by atoms with Gasteiger partial charge in [0, 0.05) is 11.7 Å². The lowest BCUT2D eigenvalue weighted by atomic mass is 10.1. The molecule has 202 valence electrons. The maximum Gasteiger partial charge on any atom is 0.226 e. The first-order valence-electron chi connectivity index (χ1n) is 11.1. The van der Waals surface area contributed by atoms with Crippen LogP contribution in [0, 0.1) is 5.82 Å². The molecule has 1 saturated heterocycles. The van der Waals surface area contributed by atoms with E-state index in [0.29, 0.717) is 5.56 Å². The van der Waals surface area contributed by atoms with Crippen LogP contribution < -0.4 is 5.32 Å². The van der Waals surface area contributed by atoms with Crippen molar-refractivity contribution in [2.75, 3.05) is 17.4 Å². The molecule has 12 nitrogen and oxygen atoms in total. The largest absolute Gasteiger partial charge is 0.388 e. The average molecular weight is 596 g/mol. The van der Waals surface area contributed by atoms with Crippen molar-refractivity contribution in [3.05, 3.63) is 47.3 Å². The Morgan fingerprint density at radius 2 is 1.95 bits per heavy atom. The van der Waals surface area contributed by atoms with Crippen LogP contribution in [0.15, 0.2) is 30.6 Å². The van der Waals surface area contributed by atoms with Crippen molar-refractivity contribution >= 4 is 51.5 Å². The molecule has 1 aliphatic rings. The number of aliphatic hydroxyl groups is 2. The molecule has 3 aromatic rings. The summed E-state index contributed by atoms with van der Waals surface area (Å²) in [6.45, 7) is 1.73. The van der Waals surface area contributed by atoms with Gasteiger partial charge in [0.15, 0.2) is 23.2 Å². The number of benzene rings is 1. The number of halogens is 2. The first-order valence-corrected chi connectivity index (χ1v) is 16.7. The first kappa shape index (κ1) is 28.5. The Morgan fingerprint density at radius 3 is 2.62 bits per heavy atom. The van der Waals surface area contributed by atoms with Crippen molar-refractivity contribution in [2.24, 2.45) is 0 Å². The highest BCUT2D eigenvalue weighted by atomic mass is 35.5. The fourth-order valence-electron chi connectivity index (χ4n) is 4.19. The van der Waals surface area contributed by atoms with Crippen molar-refractivity contribution in [2.45, 2.75) is 43.9 Å². The predicted molar refractivity (Wildman–Crippen MR) is 139 cm³/mol. The monoisotopic (exact) mass is 595 g/mol. The molecule has 3 heterocycles. The highest BCUT2D eigenvalue weighted by molar-refractivity contribution is 7.96. The van der Waals surface area contributed by atoms with Gasteiger partial charge in [-0.3, -0.25) is 9.13 Å². The Bertz CT molecular complexity index is 1390. The summed E-state index contributed by atoms with van der Waals surface area (Å²) in [6.07, 6.45) is -4.25. The Labute approximate surface area is 218 Å². The molecule has 0 amide bonds. The summed E-state index contributed by atoms with van der Waals surface area (Å²) in [5.41, 5.74) is 0.819. The van der Waals surface area contributed by atoms with Crippen LogP contribution in [0.25, 0.3) is 11.2 Å². The number of rotatable bonds is 9. The van der Waals surface area contributed by atoms with Crippen LogP contribution in [0.4, 0.5) is 10.2 Å². The summed E-state index contributed by atoms with van der Waals surface area (Å²) in [4.78, 5) is 41.6. The van der Waals surface area contributed by atoms with Gasteiger partial charge in [0.05, 0.1) is 24.4 Å². The van der Waals surface area contributed by atoms with Crippen molar-refractivity contribution in [3.63, 3.8) is 0 Å². The van der Waals surface area contributed by atoms with Crippen LogP contribution in [-0.2, 0) is 9.30 Å². The normalized spacial score (nSPS) is 24.8. The minimum Gasteiger partial charge on any atom is -0.388 e. The molecular weight excluding hydrogens is 570 g/mol. The molecule has 6 atom stereocenters. The van der Waals surface area contributed by atoms with Gasteiger partial charge in [0.25, 0.3) is 0 Å². The Hall–Kier alpha value is -1.49. The molecule has 1 aromatic carbocycles. The molecule has 0 bridgehead atoms. The average Bonchev–Trinajstić information content (AvgIpc) is 3.32. The summed E-state index contributed by atoms with van der Waals surface area (Å²) < 4.78 is 33.7. The Morgan fingerprint density at radius 1 is 1.24 bits per heavy atom. The van der Waals surface area contributed by atoms with E-state index in [4.69, 9.17) is 16.3 Å². The van der Waals surface area contributed by atoms with E-state index in [1.807, 2.05) is 0 Å². The minimum atomic E-state index is -3.95. The third-order valence-corrected chi connectivity index (χ3v) is 11.7. The highest BCUT2D eigenvalue weighted by Crippen LogP contribution is 2.58.